The first-order chi connectivity index (χ1) is 14.3. The number of aromatic nitrogens is 2. The van der Waals surface area contributed by atoms with E-state index in [0.717, 1.165) is 53.9 Å². The molecule has 0 atom stereocenters. The molecule has 0 radical (unpaired) electrons. The summed E-state index contributed by atoms with van der Waals surface area (Å²) in [7, 11) is 0. The van der Waals surface area contributed by atoms with Crippen LogP contribution in [-0.2, 0) is 4.79 Å². The van der Waals surface area contributed by atoms with Gasteiger partial charge in [0.05, 0.1) is 11.9 Å². The summed E-state index contributed by atoms with van der Waals surface area (Å²) in [6.07, 6.45) is 0. The fourth-order valence-corrected chi connectivity index (χ4v) is 5.03. The molecule has 1 saturated heterocycles. The number of rotatable bonds is 4. The molecule has 1 aromatic carbocycles. The zero-order valence-corrected chi connectivity index (χ0v) is 19.2. The van der Waals surface area contributed by atoms with Crippen molar-refractivity contribution >= 4 is 39.0 Å². The van der Waals surface area contributed by atoms with E-state index in [-0.39, 0.29) is 5.91 Å². The molecule has 1 N–H and O–H groups in total. The number of piperazine rings is 1. The van der Waals surface area contributed by atoms with Gasteiger partial charge in [0.1, 0.15) is 16.5 Å². The third kappa shape index (κ3) is 4.04. The normalized spacial score (nSPS) is 15.0. The summed E-state index contributed by atoms with van der Waals surface area (Å²) in [5, 5.41) is 4.25. The van der Waals surface area contributed by atoms with Crippen molar-refractivity contribution in [1.29, 1.82) is 0 Å². The second-order valence-corrected chi connectivity index (χ2v) is 9.32. The highest BCUT2D eigenvalue weighted by Gasteiger charge is 2.24. The second-order valence-electron chi connectivity index (χ2n) is 8.12. The predicted octanol–water partition coefficient (Wildman–Crippen LogP) is 3.99. The Morgan fingerprint density at radius 1 is 1.03 bits per heavy atom. The third-order valence-corrected chi connectivity index (χ3v) is 7.14. The maximum atomic E-state index is 12.6. The number of carbonyl (C=O) groups excluding carboxylic acids is 1. The molecule has 1 aliphatic heterocycles. The van der Waals surface area contributed by atoms with Gasteiger partial charge in [-0.25, -0.2) is 9.97 Å². The van der Waals surface area contributed by atoms with Gasteiger partial charge in [0.2, 0.25) is 5.91 Å². The molecule has 0 spiro atoms. The van der Waals surface area contributed by atoms with Gasteiger partial charge in [0, 0.05) is 36.7 Å². The van der Waals surface area contributed by atoms with Crippen LogP contribution in [0.15, 0.2) is 18.2 Å². The van der Waals surface area contributed by atoms with E-state index in [2.05, 4.69) is 46.9 Å². The van der Waals surface area contributed by atoms with Gasteiger partial charge in [-0.3, -0.25) is 9.69 Å². The molecule has 0 saturated carbocycles. The standard InChI is InChI=1S/C23H29N5OS/c1-14-7-6-8-19(15(14)2)26-20(29)13-27-9-11-28(12-10-27)22-21-16(3)17(4)30-23(21)25-18(5)24-22/h6-8H,9-13H2,1-5H3,(H,26,29). The molecule has 0 bridgehead atoms. The summed E-state index contributed by atoms with van der Waals surface area (Å²) < 4.78 is 0. The molecule has 0 unspecified atom stereocenters. The Balaban J connectivity index is 1.41. The van der Waals surface area contributed by atoms with E-state index >= 15 is 0 Å². The molecular weight excluding hydrogens is 394 g/mol. The fourth-order valence-electron chi connectivity index (χ4n) is 3.96. The smallest absolute Gasteiger partial charge is 0.238 e. The van der Waals surface area contributed by atoms with Gasteiger partial charge >= 0.3 is 0 Å². The summed E-state index contributed by atoms with van der Waals surface area (Å²) >= 11 is 1.74. The van der Waals surface area contributed by atoms with E-state index in [4.69, 9.17) is 4.98 Å². The maximum Gasteiger partial charge on any atom is 0.238 e. The monoisotopic (exact) mass is 423 g/mol. The lowest BCUT2D eigenvalue weighted by Crippen LogP contribution is -2.49. The van der Waals surface area contributed by atoms with Crippen molar-refractivity contribution in [3.05, 3.63) is 45.6 Å². The Labute approximate surface area is 181 Å². The van der Waals surface area contributed by atoms with Crippen molar-refractivity contribution in [1.82, 2.24) is 14.9 Å². The SMILES string of the molecule is Cc1nc(N2CCN(CC(=O)Nc3cccc(C)c3C)CC2)c2c(C)c(C)sc2n1. The van der Waals surface area contributed by atoms with Crippen molar-refractivity contribution in [2.45, 2.75) is 34.6 Å². The van der Waals surface area contributed by atoms with E-state index in [1.807, 2.05) is 26.0 Å². The average molecular weight is 424 g/mol. The number of thiophene rings is 1. The number of hydrogen-bond donors (Lipinski definition) is 1. The molecule has 3 aromatic rings. The summed E-state index contributed by atoms with van der Waals surface area (Å²) in [4.78, 5) is 28.9. The minimum Gasteiger partial charge on any atom is -0.353 e. The zero-order valence-electron chi connectivity index (χ0n) is 18.4. The Kier molecular flexibility index (Phi) is 5.75. The summed E-state index contributed by atoms with van der Waals surface area (Å²) in [5.74, 6) is 1.90. The van der Waals surface area contributed by atoms with Crippen molar-refractivity contribution in [3.8, 4) is 0 Å². The van der Waals surface area contributed by atoms with Crippen molar-refractivity contribution < 1.29 is 4.79 Å². The molecule has 7 heteroatoms. The van der Waals surface area contributed by atoms with E-state index < -0.39 is 0 Å². The van der Waals surface area contributed by atoms with E-state index in [1.165, 1.54) is 21.4 Å². The zero-order chi connectivity index (χ0) is 21.4. The van der Waals surface area contributed by atoms with Crippen molar-refractivity contribution in [2.24, 2.45) is 0 Å². The van der Waals surface area contributed by atoms with Gasteiger partial charge in [-0.1, -0.05) is 12.1 Å². The van der Waals surface area contributed by atoms with Crippen LogP contribution < -0.4 is 10.2 Å². The van der Waals surface area contributed by atoms with Crippen LogP contribution in [0, 0.1) is 34.6 Å². The number of fused-ring (bicyclic) bond motifs is 1. The number of hydrogen-bond acceptors (Lipinski definition) is 6. The molecule has 2 aromatic heterocycles. The molecule has 4 rings (SSSR count). The number of aryl methyl sites for hydroxylation is 4. The second kappa shape index (κ2) is 8.32. The van der Waals surface area contributed by atoms with E-state index in [9.17, 15) is 4.79 Å². The first-order valence-electron chi connectivity index (χ1n) is 10.4. The van der Waals surface area contributed by atoms with Crippen molar-refractivity contribution in [2.75, 3.05) is 42.9 Å². The molecule has 0 aliphatic carbocycles. The first-order valence-corrected chi connectivity index (χ1v) is 11.2. The lowest BCUT2D eigenvalue weighted by molar-refractivity contribution is -0.117. The molecule has 6 nitrogen and oxygen atoms in total. The Morgan fingerprint density at radius 2 is 1.77 bits per heavy atom. The summed E-state index contributed by atoms with van der Waals surface area (Å²) in [6, 6.07) is 6.01. The highest BCUT2D eigenvalue weighted by Crippen LogP contribution is 2.35. The van der Waals surface area contributed by atoms with E-state index in [0.29, 0.717) is 6.54 Å². The van der Waals surface area contributed by atoms with Gasteiger partial charge in [-0.05, 0) is 57.4 Å². The molecule has 1 aliphatic rings. The highest BCUT2D eigenvalue weighted by atomic mass is 32.1. The molecule has 1 fully saturated rings. The quantitative estimate of drug-likeness (QED) is 0.687. The first kappa shape index (κ1) is 20.8. The topological polar surface area (TPSA) is 61.4 Å². The number of nitrogens with one attached hydrogen (secondary N) is 1. The summed E-state index contributed by atoms with van der Waals surface area (Å²) in [6.45, 7) is 14.2. The number of benzene rings is 1. The van der Waals surface area contributed by atoms with Crippen LogP contribution in [0.4, 0.5) is 11.5 Å². The van der Waals surface area contributed by atoms with Crippen LogP contribution >= 0.6 is 11.3 Å². The largest absolute Gasteiger partial charge is 0.353 e. The average Bonchev–Trinajstić information content (AvgIpc) is 2.99. The highest BCUT2D eigenvalue weighted by molar-refractivity contribution is 7.18. The van der Waals surface area contributed by atoms with Crippen LogP contribution in [0.1, 0.15) is 27.4 Å². The van der Waals surface area contributed by atoms with Gasteiger partial charge in [-0.15, -0.1) is 11.3 Å². The molecule has 1 amide bonds. The van der Waals surface area contributed by atoms with E-state index in [1.54, 1.807) is 11.3 Å². The molecule has 158 valence electrons. The number of carbonyl (C=O) groups is 1. The van der Waals surface area contributed by atoms with Crippen LogP contribution in [0.2, 0.25) is 0 Å². The van der Waals surface area contributed by atoms with Gasteiger partial charge in [0.25, 0.3) is 0 Å². The third-order valence-electron chi connectivity index (χ3n) is 6.04. The van der Waals surface area contributed by atoms with Crippen molar-refractivity contribution in [3.63, 3.8) is 0 Å². The van der Waals surface area contributed by atoms with Crippen LogP contribution in [0.25, 0.3) is 10.2 Å². The Morgan fingerprint density at radius 3 is 2.50 bits per heavy atom. The Hall–Kier alpha value is -2.51. The van der Waals surface area contributed by atoms with Crippen LogP contribution in [-0.4, -0.2) is 53.5 Å². The van der Waals surface area contributed by atoms with Crippen LogP contribution in [0.5, 0.6) is 0 Å². The predicted molar refractivity (Wildman–Crippen MR) is 125 cm³/mol. The van der Waals surface area contributed by atoms with Crippen LogP contribution in [0.3, 0.4) is 0 Å². The number of anilines is 2. The fraction of sp³-hybridized carbons (Fsp3) is 0.435. The minimum atomic E-state index is 0.0433. The van der Waals surface area contributed by atoms with Gasteiger partial charge in [-0.2, -0.15) is 0 Å². The van der Waals surface area contributed by atoms with Gasteiger partial charge < -0.3 is 10.2 Å². The van der Waals surface area contributed by atoms with Gasteiger partial charge in [0.15, 0.2) is 0 Å². The lowest BCUT2D eigenvalue weighted by atomic mass is 10.1. The Bertz CT molecular complexity index is 1100. The molecule has 30 heavy (non-hydrogen) atoms. The number of nitrogens with zero attached hydrogens (tertiary/aromatic N) is 4. The molecular formula is C23H29N5OS. The molecule has 3 heterocycles. The maximum absolute atomic E-state index is 12.6. The minimum absolute atomic E-state index is 0.0433. The summed E-state index contributed by atoms with van der Waals surface area (Å²) in [5.41, 5.74) is 4.49. The number of amides is 1. The lowest BCUT2D eigenvalue weighted by Gasteiger charge is -2.35.